The Balaban J connectivity index is 2.23. The first-order valence-electron chi connectivity index (χ1n) is 6.39. The van der Waals surface area contributed by atoms with Crippen LogP contribution in [0.15, 0.2) is 24.4 Å². The molecule has 0 fully saturated rings. The van der Waals surface area contributed by atoms with Gasteiger partial charge < -0.3 is 10.6 Å². The minimum atomic E-state index is -0.559. The van der Waals surface area contributed by atoms with E-state index in [4.69, 9.17) is 0 Å². The van der Waals surface area contributed by atoms with Crippen LogP contribution in [0.5, 0.6) is 0 Å². The van der Waals surface area contributed by atoms with Gasteiger partial charge in [0.25, 0.3) is 0 Å². The summed E-state index contributed by atoms with van der Waals surface area (Å²) in [6, 6.07) is 4.23. The highest BCUT2D eigenvalue weighted by atomic mass is 19.1. The van der Waals surface area contributed by atoms with Crippen LogP contribution in [0.4, 0.5) is 26.2 Å². The molecule has 20 heavy (non-hydrogen) atoms. The summed E-state index contributed by atoms with van der Waals surface area (Å²) >= 11 is 0. The van der Waals surface area contributed by atoms with Gasteiger partial charge in [-0.3, -0.25) is 0 Å². The third kappa shape index (κ3) is 3.40. The topological polar surface area (TPSA) is 49.8 Å². The molecule has 0 radical (unpaired) electrons. The van der Waals surface area contributed by atoms with Crippen molar-refractivity contribution in [3.05, 3.63) is 41.6 Å². The van der Waals surface area contributed by atoms with Gasteiger partial charge in [-0.05, 0) is 37.1 Å². The van der Waals surface area contributed by atoms with Crippen molar-refractivity contribution in [1.82, 2.24) is 9.97 Å². The van der Waals surface area contributed by atoms with Crippen LogP contribution in [0.2, 0.25) is 0 Å². The Labute approximate surface area is 116 Å². The average Bonchev–Trinajstić information content (AvgIpc) is 2.42. The minimum Gasteiger partial charge on any atom is -0.354 e. The van der Waals surface area contributed by atoms with Gasteiger partial charge in [0.2, 0.25) is 5.95 Å². The molecule has 0 aliphatic heterocycles. The van der Waals surface area contributed by atoms with E-state index < -0.39 is 5.82 Å². The maximum absolute atomic E-state index is 13.7. The summed E-state index contributed by atoms with van der Waals surface area (Å²) in [4.78, 5) is 7.92. The van der Waals surface area contributed by atoms with E-state index in [9.17, 15) is 8.78 Å². The predicted octanol–water partition coefficient (Wildman–Crippen LogP) is 3.63. The van der Waals surface area contributed by atoms with Crippen LogP contribution in [-0.2, 0) is 0 Å². The van der Waals surface area contributed by atoms with Gasteiger partial charge in [-0.2, -0.15) is 4.98 Å². The summed E-state index contributed by atoms with van der Waals surface area (Å²) in [5.41, 5.74) is 1.27. The van der Waals surface area contributed by atoms with Crippen LogP contribution < -0.4 is 10.6 Å². The zero-order valence-electron chi connectivity index (χ0n) is 11.4. The van der Waals surface area contributed by atoms with Crippen LogP contribution in [-0.4, -0.2) is 16.5 Å². The molecule has 0 aliphatic rings. The Morgan fingerprint density at radius 2 is 2.05 bits per heavy atom. The van der Waals surface area contributed by atoms with Gasteiger partial charge in [0.1, 0.15) is 5.82 Å². The Morgan fingerprint density at radius 3 is 2.75 bits per heavy atom. The van der Waals surface area contributed by atoms with E-state index in [1.165, 1.54) is 12.1 Å². The molecule has 0 aliphatic carbocycles. The molecule has 2 rings (SSSR count). The second kappa shape index (κ2) is 6.27. The van der Waals surface area contributed by atoms with E-state index in [1.807, 2.05) is 6.92 Å². The van der Waals surface area contributed by atoms with E-state index >= 15 is 0 Å². The zero-order chi connectivity index (χ0) is 14.5. The summed E-state index contributed by atoms with van der Waals surface area (Å²) in [6.45, 7) is 4.46. The highest BCUT2D eigenvalue weighted by Crippen LogP contribution is 2.22. The fraction of sp³-hybridized carbons (Fsp3) is 0.286. The van der Waals surface area contributed by atoms with Gasteiger partial charge >= 0.3 is 0 Å². The summed E-state index contributed by atoms with van der Waals surface area (Å²) in [7, 11) is 0. The number of benzene rings is 1. The molecule has 1 heterocycles. The molecule has 0 spiro atoms. The van der Waals surface area contributed by atoms with Crippen molar-refractivity contribution in [3.63, 3.8) is 0 Å². The van der Waals surface area contributed by atoms with Crippen molar-refractivity contribution in [2.24, 2.45) is 0 Å². The minimum absolute atomic E-state index is 0.0633. The fourth-order valence-electron chi connectivity index (χ4n) is 1.67. The molecule has 1 aromatic carbocycles. The lowest BCUT2D eigenvalue weighted by molar-refractivity contribution is 0.619. The highest BCUT2D eigenvalue weighted by molar-refractivity contribution is 5.61. The first-order chi connectivity index (χ1) is 9.60. The number of halogens is 2. The molecule has 0 saturated heterocycles. The lowest BCUT2D eigenvalue weighted by atomic mass is 10.2. The summed E-state index contributed by atoms with van der Waals surface area (Å²) in [5.74, 6) is -0.471. The molecule has 2 aromatic rings. The van der Waals surface area contributed by atoms with Gasteiger partial charge in [0.15, 0.2) is 11.6 Å². The third-order valence-corrected chi connectivity index (χ3v) is 2.72. The number of hydrogen-bond donors (Lipinski definition) is 2. The summed E-state index contributed by atoms with van der Waals surface area (Å²) in [5, 5.41) is 5.83. The maximum atomic E-state index is 13.7. The smallest absolute Gasteiger partial charge is 0.224 e. The van der Waals surface area contributed by atoms with Gasteiger partial charge in [0, 0.05) is 12.2 Å². The molecular formula is C14H16F2N4. The number of nitrogens with one attached hydrogen (secondary N) is 2. The fourth-order valence-corrected chi connectivity index (χ4v) is 1.67. The molecule has 0 bridgehead atoms. The molecule has 4 nitrogen and oxygen atoms in total. The SMILES string of the molecule is CCCNc1ncc(F)c(Nc2ccc(F)cc2C)n1. The van der Waals surface area contributed by atoms with E-state index in [0.29, 0.717) is 23.7 Å². The Kier molecular flexibility index (Phi) is 4.45. The molecule has 2 N–H and O–H groups in total. The monoisotopic (exact) mass is 278 g/mol. The summed E-state index contributed by atoms with van der Waals surface area (Å²) < 4.78 is 26.7. The van der Waals surface area contributed by atoms with Gasteiger partial charge in [0.05, 0.1) is 6.20 Å². The van der Waals surface area contributed by atoms with Crippen molar-refractivity contribution in [3.8, 4) is 0 Å². The number of hydrogen-bond acceptors (Lipinski definition) is 4. The Hall–Kier alpha value is -2.24. The molecule has 106 valence electrons. The van der Waals surface area contributed by atoms with E-state index in [1.54, 1.807) is 13.0 Å². The molecule has 1 aromatic heterocycles. The zero-order valence-corrected chi connectivity index (χ0v) is 11.4. The highest BCUT2D eigenvalue weighted by Gasteiger charge is 2.08. The number of rotatable bonds is 5. The van der Waals surface area contributed by atoms with Crippen molar-refractivity contribution in [2.45, 2.75) is 20.3 Å². The normalized spacial score (nSPS) is 10.4. The summed E-state index contributed by atoms with van der Waals surface area (Å²) in [6.07, 6.45) is 2.02. The van der Waals surface area contributed by atoms with Crippen LogP contribution in [0.1, 0.15) is 18.9 Å². The van der Waals surface area contributed by atoms with Gasteiger partial charge in [-0.1, -0.05) is 6.92 Å². The van der Waals surface area contributed by atoms with Crippen molar-refractivity contribution in [1.29, 1.82) is 0 Å². The predicted molar refractivity (Wildman–Crippen MR) is 75.2 cm³/mol. The third-order valence-electron chi connectivity index (χ3n) is 2.72. The lowest BCUT2D eigenvalue weighted by Gasteiger charge is -2.11. The largest absolute Gasteiger partial charge is 0.354 e. The second-order valence-electron chi connectivity index (χ2n) is 4.40. The van der Waals surface area contributed by atoms with Crippen LogP contribution in [0, 0.1) is 18.6 Å². The van der Waals surface area contributed by atoms with Crippen molar-refractivity contribution in [2.75, 3.05) is 17.2 Å². The second-order valence-corrected chi connectivity index (χ2v) is 4.40. The number of aromatic nitrogens is 2. The number of anilines is 3. The number of aryl methyl sites for hydroxylation is 1. The number of nitrogens with zero attached hydrogens (tertiary/aromatic N) is 2. The molecule has 0 atom stereocenters. The van der Waals surface area contributed by atoms with Crippen molar-refractivity contribution < 1.29 is 8.78 Å². The van der Waals surface area contributed by atoms with Crippen molar-refractivity contribution >= 4 is 17.5 Å². The van der Waals surface area contributed by atoms with E-state index in [-0.39, 0.29) is 11.6 Å². The molecule has 6 heteroatoms. The first-order valence-corrected chi connectivity index (χ1v) is 6.39. The standard InChI is InChI=1S/C14H16F2N4/c1-3-6-17-14-18-8-11(16)13(20-14)19-12-5-4-10(15)7-9(12)2/h4-5,7-8H,3,6H2,1-2H3,(H2,17,18,19,20). The van der Waals surface area contributed by atoms with Crippen LogP contribution in [0.25, 0.3) is 0 Å². The molecule has 0 amide bonds. The Morgan fingerprint density at radius 1 is 1.25 bits per heavy atom. The Bertz CT molecular complexity index is 602. The maximum Gasteiger partial charge on any atom is 0.224 e. The average molecular weight is 278 g/mol. The van der Waals surface area contributed by atoms with E-state index in [0.717, 1.165) is 12.6 Å². The molecule has 0 unspecified atom stereocenters. The van der Waals surface area contributed by atoms with E-state index in [2.05, 4.69) is 20.6 Å². The molecule has 0 saturated carbocycles. The van der Waals surface area contributed by atoms with Crippen LogP contribution in [0.3, 0.4) is 0 Å². The first kappa shape index (κ1) is 14.2. The van der Waals surface area contributed by atoms with Crippen LogP contribution >= 0.6 is 0 Å². The van der Waals surface area contributed by atoms with Gasteiger partial charge in [-0.15, -0.1) is 0 Å². The quantitative estimate of drug-likeness (QED) is 0.877. The lowest BCUT2D eigenvalue weighted by Crippen LogP contribution is -2.07. The molecular weight excluding hydrogens is 262 g/mol. The van der Waals surface area contributed by atoms with Gasteiger partial charge in [-0.25, -0.2) is 13.8 Å².